The lowest BCUT2D eigenvalue weighted by Gasteiger charge is -2.14. The number of carboxylic acid groups (broad SMARTS) is 1. The third-order valence-corrected chi connectivity index (χ3v) is 3.65. The summed E-state index contributed by atoms with van der Waals surface area (Å²) >= 11 is 0. The molecule has 19 heavy (non-hydrogen) atoms. The molecule has 1 unspecified atom stereocenters. The average Bonchev–Trinajstić information content (AvgIpc) is 2.55. The van der Waals surface area contributed by atoms with Crippen LogP contribution in [0.2, 0.25) is 0 Å². The molecule has 1 atom stereocenters. The highest BCUT2D eigenvalue weighted by atomic mass is 16.4. The maximum atomic E-state index is 12.3. The first-order chi connectivity index (χ1) is 9.03. The van der Waals surface area contributed by atoms with Crippen molar-refractivity contribution in [1.29, 1.82) is 0 Å². The van der Waals surface area contributed by atoms with Crippen molar-refractivity contribution in [2.45, 2.75) is 6.92 Å². The molecule has 0 radical (unpaired) electrons. The minimum Gasteiger partial charge on any atom is -0.480 e. The third kappa shape index (κ3) is 1.58. The van der Waals surface area contributed by atoms with Gasteiger partial charge in [0.1, 0.15) is 5.41 Å². The van der Waals surface area contributed by atoms with E-state index in [2.05, 4.69) is 0 Å². The smallest absolute Gasteiger partial charge is 0.317 e. The predicted octanol–water partition coefficient (Wildman–Crippen LogP) is 2.85. The van der Waals surface area contributed by atoms with Crippen molar-refractivity contribution < 1.29 is 14.7 Å². The monoisotopic (exact) mass is 252 g/mol. The van der Waals surface area contributed by atoms with Gasteiger partial charge in [0, 0.05) is 11.1 Å². The molecule has 0 heterocycles. The van der Waals surface area contributed by atoms with Crippen molar-refractivity contribution >= 4 is 17.3 Å². The summed E-state index contributed by atoms with van der Waals surface area (Å²) in [5.74, 6) is -0.969. The molecule has 94 valence electrons. The quantitative estimate of drug-likeness (QED) is 0.836. The highest BCUT2D eigenvalue weighted by Crippen LogP contribution is 2.38. The number of rotatable bonds is 1. The molecule has 0 fully saturated rings. The molecular formula is C16H12O3. The molecule has 3 rings (SSSR count). The minimum atomic E-state index is -1.07. The molecule has 0 aromatic heterocycles. The zero-order chi connectivity index (χ0) is 13.6. The molecule has 1 N–H and O–H groups in total. The molecule has 1 aromatic rings. The van der Waals surface area contributed by atoms with Gasteiger partial charge in [-0.1, -0.05) is 48.6 Å². The molecule has 3 nitrogen and oxygen atoms in total. The largest absolute Gasteiger partial charge is 0.480 e. The number of hydrogen-bond donors (Lipinski definition) is 1. The van der Waals surface area contributed by atoms with E-state index in [0.29, 0.717) is 11.1 Å². The highest BCUT2D eigenvalue weighted by Gasteiger charge is 2.33. The zero-order valence-corrected chi connectivity index (χ0v) is 10.4. The van der Waals surface area contributed by atoms with E-state index in [9.17, 15) is 14.7 Å². The summed E-state index contributed by atoms with van der Waals surface area (Å²) in [6, 6.07) is 7.39. The lowest BCUT2D eigenvalue weighted by Crippen LogP contribution is -2.22. The summed E-state index contributed by atoms with van der Waals surface area (Å²) in [4.78, 5) is 23.5. The van der Waals surface area contributed by atoms with Gasteiger partial charge < -0.3 is 5.11 Å². The molecule has 0 saturated carbocycles. The number of carboxylic acids is 1. The van der Waals surface area contributed by atoms with Crippen LogP contribution < -0.4 is 0 Å². The molecular weight excluding hydrogens is 240 g/mol. The molecule has 1 aromatic carbocycles. The molecule has 0 amide bonds. The number of allylic oxidation sites excluding steroid dienone is 4. The second-order valence-electron chi connectivity index (χ2n) is 4.96. The topological polar surface area (TPSA) is 54.4 Å². The van der Waals surface area contributed by atoms with E-state index < -0.39 is 11.4 Å². The number of carbonyl (C=O) groups excluding carboxylic acids is 1. The normalized spacial score (nSPS) is 24.2. The maximum absolute atomic E-state index is 12.3. The van der Waals surface area contributed by atoms with Crippen LogP contribution in [0, 0.1) is 5.41 Å². The van der Waals surface area contributed by atoms with E-state index in [1.165, 1.54) is 0 Å². The number of carbonyl (C=O) groups is 2. The van der Waals surface area contributed by atoms with Gasteiger partial charge in [-0.2, -0.15) is 0 Å². The van der Waals surface area contributed by atoms with Gasteiger partial charge in [0.25, 0.3) is 0 Å². The third-order valence-electron chi connectivity index (χ3n) is 3.65. The Balaban J connectivity index is 2.17. The molecule has 0 bridgehead atoms. The Morgan fingerprint density at radius 2 is 1.63 bits per heavy atom. The number of hydrogen-bond acceptors (Lipinski definition) is 2. The number of Topliss-reactive ketones (excluding diaryl/α,β-unsaturated/α-hetero) is 1. The van der Waals surface area contributed by atoms with Crippen LogP contribution in [0.15, 0.2) is 54.1 Å². The van der Waals surface area contributed by atoms with Crippen LogP contribution in [0.4, 0.5) is 0 Å². The summed E-state index contributed by atoms with van der Waals surface area (Å²) in [7, 11) is 0. The molecule has 2 aliphatic carbocycles. The Labute approximate surface area is 110 Å². The van der Waals surface area contributed by atoms with Crippen molar-refractivity contribution in [3.05, 3.63) is 65.3 Å². The summed E-state index contributed by atoms with van der Waals surface area (Å²) in [6.07, 6.45) is 6.57. The first-order valence-corrected chi connectivity index (χ1v) is 6.03. The van der Waals surface area contributed by atoms with Crippen molar-refractivity contribution in [3.63, 3.8) is 0 Å². The Bertz CT molecular complexity index is 692. The molecule has 2 aliphatic rings. The van der Waals surface area contributed by atoms with Gasteiger partial charge in [-0.3, -0.25) is 9.59 Å². The first kappa shape index (κ1) is 11.7. The zero-order valence-electron chi connectivity index (χ0n) is 10.4. The predicted molar refractivity (Wildman–Crippen MR) is 71.7 cm³/mol. The second kappa shape index (κ2) is 3.79. The summed E-state index contributed by atoms with van der Waals surface area (Å²) < 4.78 is 0. The molecule has 0 spiro atoms. The lowest BCUT2D eigenvalue weighted by atomic mass is 9.89. The van der Waals surface area contributed by atoms with Crippen molar-refractivity contribution in [3.8, 4) is 0 Å². The number of fused-ring (bicyclic) bond motifs is 2. The van der Waals surface area contributed by atoms with Gasteiger partial charge in [0.15, 0.2) is 5.78 Å². The van der Waals surface area contributed by atoms with Crippen molar-refractivity contribution in [2.75, 3.05) is 0 Å². The van der Waals surface area contributed by atoms with E-state index in [-0.39, 0.29) is 5.78 Å². The standard InChI is InChI=1S/C16H12O3/c1-16(15(18)19)8-6-11-10-4-2-3-5-12(10)14(17)13(11)7-9-16/h2-9H,1H3,(H,18,19). The van der Waals surface area contributed by atoms with E-state index in [0.717, 1.165) is 11.1 Å². The first-order valence-electron chi connectivity index (χ1n) is 6.03. The Kier molecular flexibility index (Phi) is 2.32. The van der Waals surface area contributed by atoms with Gasteiger partial charge in [-0.25, -0.2) is 0 Å². The molecule has 0 aliphatic heterocycles. The number of benzene rings is 1. The summed E-state index contributed by atoms with van der Waals surface area (Å²) in [5.41, 5.74) is 1.86. The van der Waals surface area contributed by atoms with Crippen LogP contribution in [0.5, 0.6) is 0 Å². The van der Waals surface area contributed by atoms with Crippen LogP contribution in [-0.4, -0.2) is 16.9 Å². The Morgan fingerprint density at radius 1 is 1.05 bits per heavy atom. The summed E-state index contributed by atoms with van der Waals surface area (Å²) in [6.45, 7) is 1.61. The molecule has 0 saturated heterocycles. The van der Waals surface area contributed by atoms with E-state index in [1.807, 2.05) is 18.2 Å². The fourth-order valence-corrected chi connectivity index (χ4v) is 2.38. The highest BCUT2D eigenvalue weighted by molar-refractivity contribution is 6.23. The summed E-state index contributed by atoms with van der Waals surface area (Å²) in [5, 5.41) is 9.24. The van der Waals surface area contributed by atoms with Crippen LogP contribution >= 0.6 is 0 Å². The van der Waals surface area contributed by atoms with E-state index in [4.69, 9.17) is 0 Å². The van der Waals surface area contributed by atoms with Gasteiger partial charge in [-0.05, 0) is 18.1 Å². The lowest BCUT2D eigenvalue weighted by molar-refractivity contribution is -0.142. The Morgan fingerprint density at radius 3 is 2.26 bits per heavy atom. The van der Waals surface area contributed by atoms with Crippen LogP contribution in [0.1, 0.15) is 22.8 Å². The maximum Gasteiger partial charge on any atom is 0.317 e. The fourth-order valence-electron chi connectivity index (χ4n) is 2.38. The van der Waals surface area contributed by atoms with Gasteiger partial charge in [0.2, 0.25) is 0 Å². The fraction of sp³-hybridized carbons (Fsp3) is 0.125. The van der Waals surface area contributed by atoms with Gasteiger partial charge in [0.05, 0.1) is 0 Å². The van der Waals surface area contributed by atoms with Crippen LogP contribution in [0.3, 0.4) is 0 Å². The van der Waals surface area contributed by atoms with E-state index in [1.54, 1.807) is 37.3 Å². The minimum absolute atomic E-state index is 0.0406. The van der Waals surface area contributed by atoms with Crippen molar-refractivity contribution in [2.24, 2.45) is 5.41 Å². The Hall–Kier alpha value is -2.42. The molecule has 3 heteroatoms. The number of aliphatic carboxylic acids is 1. The average molecular weight is 252 g/mol. The van der Waals surface area contributed by atoms with Gasteiger partial charge >= 0.3 is 5.97 Å². The van der Waals surface area contributed by atoms with Crippen LogP contribution in [-0.2, 0) is 4.79 Å². The van der Waals surface area contributed by atoms with Crippen molar-refractivity contribution in [1.82, 2.24) is 0 Å². The van der Waals surface area contributed by atoms with E-state index >= 15 is 0 Å². The second-order valence-corrected chi connectivity index (χ2v) is 4.96. The SMILES string of the molecule is CC1(C(=O)O)C=CC2=C(C=C1)c1ccccc1C2=O. The van der Waals surface area contributed by atoms with Crippen LogP contribution in [0.25, 0.3) is 5.57 Å². The van der Waals surface area contributed by atoms with Gasteiger partial charge in [-0.15, -0.1) is 0 Å². The number of ketones is 1.